The molecule has 2 aromatic rings. The zero-order valence-corrected chi connectivity index (χ0v) is 15.6. The smallest absolute Gasteiger partial charge is 0.363 e. The van der Waals surface area contributed by atoms with Crippen molar-refractivity contribution in [3.8, 4) is 6.07 Å². The van der Waals surface area contributed by atoms with Crippen molar-refractivity contribution in [3.05, 3.63) is 58.5 Å². The fraction of sp³-hybridized carbons (Fsp3) is 0.238. The maximum atomic E-state index is 12.2. The van der Waals surface area contributed by atoms with E-state index in [4.69, 9.17) is 10.00 Å². The number of anilines is 1. The maximum absolute atomic E-state index is 12.2. The lowest BCUT2D eigenvalue weighted by molar-refractivity contribution is -0.130. The van der Waals surface area contributed by atoms with Crippen LogP contribution in [0.1, 0.15) is 35.4 Å². The molecule has 0 spiro atoms. The summed E-state index contributed by atoms with van der Waals surface area (Å²) in [6.07, 6.45) is 3.07. The molecular formula is C21H18N4O3. The first-order valence-electron chi connectivity index (χ1n) is 8.97. The van der Waals surface area contributed by atoms with E-state index < -0.39 is 5.97 Å². The number of esters is 1. The van der Waals surface area contributed by atoms with E-state index in [0.717, 1.165) is 29.9 Å². The molecule has 28 heavy (non-hydrogen) atoms. The number of hydrogen-bond acceptors (Lipinski definition) is 5. The molecule has 7 heteroatoms. The second kappa shape index (κ2) is 6.82. The van der Waals surface area contributed by atoms with Gasteiger partial charge in [0.15, 0.2) is 5.70 Å². The van der Waals surface area contributed by atoms with Crippen LogP contribution >= 0.6 is 0 Å². The Kier molecular flexibility index (Phi) is 4.32. The highest BCUT2D eigenvalue weighted by molar-refractivity contribution is 6.13. The van der Waals surface area contributed by atoms with E-state index in [1.165, 1.54) is 0 Å². The highest BCUT2D eigenvalue weighted by Gasteiger charge is 2.26. The Morgan fingerprint density at radius 1 is 1.25 bits per heavy atom. The number of nitriles is 1. The summed E-state index contributed by atoms with van der Waals surface area (Å²) in [7, 11) is 1.80. The summed E-state index contributed by atoms with van der Waals surface area (Å²) >= 11 is 0. The van der Waals surface area contributed by atoms with Crippen LogP contribution in [0.4, 0.5) is 5.69 Å². The Balaban J connectivity index is 1.61. The van der Waals surface area contributed by atoms with Crippen molar-refractivity contribution in [1.82, 2.24) is 4.57 Å². The topological polar surface area (TPSA) is 87.7 Å². The molecule has 0 N–H and O–H groups in total. The second-order valence-electron chi connectivity index (χ2n) is 6.77. The van der Waals surface area contributed by atoms with Crippen LogP contribution in [0, 0.1) is 18.3 Å². The lowest BCUT2D eigenvalue weighted by atomic mass is 10.2. The van der Waals surface area contributed by atoms with E-state index in [1.54, 1.807) is 40.8 Å². The fourth-order valence-electron chi connectivity index (χ4n) is 3.36. The van der Waals surface area contributed by atoms with Gasteiger partial charge in [-0.25, -0.2) is 9.79 Å². The summed E-state index contributed by atoms with van der Waals surface area (Å²) < 4.78 is 7.07. The van der Waals surface area contributed by atoms with E-state index in [9.17, 15) is 9.59 Å². The molecule has 1 saturated heterocycles. The Labute approximate surface area is 162 Å². The Bertz CT molecular complexity index is 1080. The molecule has 4 rings (SSSR count). The van der Waals surface area contributed by atoms with Crippen LogP contribution < -0.4 is 4.90 Å². The first kappa shape index (κ1) is 17.7. The van der Waals surface area contributed by atoms with E-state index in [1.807, 2.05) is 19.1 Å². The molecule has 1 aromatic heterocycles. The van der Waals surface area contributed by atoms with Gasteiger partial charge in [-0.3, -0.25) is 4.79 Å². The third-order valence-corrected chi connectivity index (χ3v) is 5.10. The van der Waals surface area contributed by atoms with Gasteiger partial charge in [0.1, 0.15) is 11.8 Å². The third kappa shape index (κ3) is 2.99. The summed E-state index contributed by atoms with van der Waals surface area (Å²) in [6, 6.07) is 11.1. The van der Waals surface area contributed by atoms with Gasteiger partial charge < -0.3 is 14.2 Å². The summed E-state index contributed by atoms with van der Waals surface area (Å²) in [6.45, 7) is 2.60. The summed E-state index contributed by atoms with van der Waals surface area (Å²) in [5, 5.41) is 9.14. The zero-order chi connectivity index (χ0) is 19.8. The highest BCUT2D eigenvalue weighted by Crippen LogP contribution is 2.25. The van der Waals surface area contributed by atoms with Crippen molar-refractivity contribution in [2.45, 2.75) is 19.8 Å². The van der Waals surface area contributed by atoms with E-state index >= 15 is 0 Å². The van der Waals surface area contributed by atoms with Crippen molar-refractivity contribution < 1.29 is 14.3 Å². The lowest BCUT2D eigenvalue weighted by Crippen LogP contribution is -2.23. The van der Waals surface area contributed by atoms with Crippen molar-refractivity contribution in [2.24, 2.45) is 12.0 Å². The molecule has 3 heterocycles. The molecule has 0 saturated carbocycles. The van der Waals surface area contributed by atoms with Gasteiger partial charge in [-0.05, 0) is 55.3 Å². The summed E-state index contributed by atoms with van der Waals surface area (Å²) in [5.74, 6) is -0.183. The second-order valence-corrected chi connectivity index (χ2v) is 6.77. The molecule has 0 unspecified atom stereocenters. The Morgan fingerprint density at radius 2 is 2.00 bits per heavy atom. The van der Waals surface area contributed by atoms with Gasteiger partial charge in [-0.1, -0.05) is 0 Å². The molecular weight excluding hydrogens is 356 g/mol. The number of carbonyl (C=O) groups excluding carboxylic acids is 2. The number of rotatable bonds is 3. The van der Waals surface area contributed by atoms with Crippen LogP contribution in [0.25, 0.3) is 6.08 Å². The predicted molar refractivity (Wildman–Crippen MR) is 104 cm³/mol. The number of cyclic esters (lactones) is 1. The largest absolute Gasteiger partial charge is 0.402 e. The molecule has 0 radical (unpaired) electrons. The minimum atomic E-state index is -0.532. The monoisotopic (exact) mass is 374 g/mol. The fourth-order valence-corrected chi connectivity index (χ4v) is 3.36. The van der Waals surface area contributed by atoms with Crippen LogP contribution in [0.3, 0.4) is 0 Å². The van der Waals surface area contributed by atoms with Gasteiger partial charge in [-0.15, -0.1) is 0 Å². The van der Waals surface area contributed by atoms with Crippen LogP contribution in [0.5, 0.6) is 0 Å². The number of aliphatic imine (C=N–C) groups is 1. The van der Waals surface area contributed by atoms with Crippen LogP contribution in [-0.2, 0) is 21.4 Å². The first-order valence-corrected chi connectivity index (χ1v) is 8.97. The number of aromatic nitrogens is 1. The van der Waals surface area contributed by atoms with Gasteiger partial charge in [0.2, 0.25) is 11.8 Å². The summed E-state index contributed by atoms with van der Waals surface area (Å²) in [4.78, 5) is 30.1. The van der Waals surface area contributed by atoms with Crippen molar-refractivity contribution >= 4 is 29.5 Å². The molecule has 0 atom stereocenters. The van der Waals surface area contributed by atoms with E-state index in [0.29, 0.717) is 17.7 Å². The third-order valence-electron chi connectivity index (χ3n) is 5.10. The first-order chi connectivity index (χ1) is 13.5. The lowest BCUT2D eigenvalue weighted by Gasteiger charge is -2.15. The predicted octanol–water partition coefficient (Wildman–Crippen LogP) is 2.68. The van der Waals surface area contributed by atoms with Gasteiger partial charge in [-0.2, -0.15) is 5.26 Å². The number of nitrogens with zero attached hydrogens (tertiary/aromatic N) is 4. The molecule has 2 aliphatic heterocycles. The average molecular weight is 374 g/mol. The minimum Gasteiger partial charge on any atom is -0.402 e. The minimum absolute atomic E-state index is 0.123. The van der Waals surface area contributed by atoms with E-state index in [-0.39, 0.29) is 17.5 Å². The van der Waals surface area contributed by atoms with Gasteiger partial charge in [0.05, 0.1) is 0 Å². The molecule has 0 bridgehead atoms. The molecule has 1 aromatic carbocycles. The number of ether oxygens (including phenoxy) is 1. The standard InChI is InChI=1S/C21H18N4O3/c1-13-15(10-17(12-22)24(13)2)11-18-21(27)28-20(23-18)14-5-7-16(8-6-14)25-9-3-4-19(25)26/h5-8,10-11H,3-4,9H2,1-2H3/b18-11+. The number of benzene rings is 1. The van der Waals surface area contributed by atoms with Gasteiger partial charge in [0, 0.05) is 37.0 Å². The highest BCUT2D eigenvalue weighted by atomic mass is 16.6. The van der Waals surface area contributed by atoms with Crippen molar-refractivity contribution in [1.29, 1.82) is 5.26 Å². The SMILES string of the molecule is Cc1c(/C=C2/N=C(c3ccc(N4CCCC4=O)cc3)OC2=O)cc(C#N)n1C. The number of amides is 1. The molecule has 7 nitrogen and oxygen atoms in total. The number of hydrogen-bond donors (Lipinski definition) is 0. The van der Waals surface area contributed by atoms with Gasteiger partial charge >= 0.3 is 5.97 Å². The maximum Gasteiger partial charge on any atom is 0.363 e. The van der Waals surface area contributed by atoms with E-state index in [2.05, 4.69) is 11.1 Å². The van der Waals surface area contributed by atoms with Crippen LogP contribution in [0.15, 0.2) is 41.0 Å². The Morgan fingerprint density at radius 3 is 2.61 bits per heavy atom. The van der Waals surface area contributed by atoms with Crippen molar-refractivity contribution in [3.63, 3.8) is 0 Å². The van der Waals surface area contributed by atoms with Crippen LogP contribution in [0.2, 0.25) is 0 Å². The zero-order valence-electron chi connectivity index (χ0n) is 15.6. The number of carbonyl (C=O) groups is 2. The normalized spacial score (nSPS) is 17.8. The quantitative estimate of drug-likeness (QED) is 0.610. The molecule has 0 aliphatic carbocycles. The van der Waals surface area contributed by atoms with Gasteiger partial charge in [0.25, 0.3) is 0 Å². The van der Waals surface area contributed by atoms with Crippen molar-refractivity contribution in [2.75, 3.05) is 11.4 Å². The molecule has 1 fully saturated rings. The molecule has 2 aliphatic rings. The summed E-state index contributed by atoms with van der Waals surface area (Å²) in [5.41, 5.74) is 3.79. The van der Waals surface area contributed by atoms with Crippen LogP contribution in [-0.4, -0.2) is 28.9 Å². The average Bonchev–Trinajstić information content (AvgIpc) is 3.36. The Hall–Kier alpha value is -3.66. The molecule has 140 valence electrons. The molecule has 1 amide bonds.